The monoisotopic (exact) mass is 159 g/mol. The molecule has 5 nitrogen and oxygen atoms in total. The fourth-order valence-electron chi connectivity index (χ4n) is 0. The molecule has 0 bridgehead atoms. The molecular weight excluding hydrogens is 155 g/mol. The SMILES string of the molecule is O=C([O-])[O-].[NH4+].[OH-].[Zn+2]. The van der Waals surface area contributed by atoms with Crippen molar-refractivity contribution in [2.24, 2.45) is 0 Å². The molecule has 0 aromatic heterocycles. The summed E-state index contributed by atoms with van der Waals surface area (Å²) in [5, 5.41) is 16.7. The molecule has 0 unspecified atom stereocenters. The summed E-state index contributed by atoms with van der Waals surface area (Å²) in [6.45, 7) is 0. The molecule has 40 valence electrons. The molecule has 0 amide bonds. The molecule has 0 radical (unpaired) electrons. The Balaban J connectivity index is -0.0000000150. The van der Waals surface area contributed by atoms with Crippen LogP contribution >= 0.6 is 0 Å². The fourth-order valence-corrected chi connectivity index (χ4v) is 0. The largest absolute Gasteiger partial charge is 2.00 e. The third-order valence-electron chi connectivity index (χ3n) is 0. The fraction of sp³-hybridized carbons (Fsp3) is 0. The van der Waals surface area contributed by atoms with Crippen LogP contribution in [-0.2, 0) is 19.5 Å². The third-order valence-corrected chi connectivity index (χ3v) is 0. The first-order chi connectivity index (χ1) is 1.73. The molecule has 5 N–H and O–H groups in total. The van der Waals surface area contributed by atoms with E-state index in [4.69, 9.17) is 15.0 Å². The predicted octanol–water partition coefficient (Wildman–Crippen LogP) is -2.25. The summed E-state index contributed by atoms with van der Waals surface area (Å²) in [6.07, 6.45) is -2.33. The minimum Gasteiger partial charge on any atom is -0.870 e. The Morgan fingerprint density at radius 2 is 1.29 bits per heavy atom. The van der Waals surface area contributed by atoms with Crippen LogP contribution in [0.25, 0.3) is 0 Å². The van der Waals surface area contributed by atoms with Crippen molar-refractivity contribution in [2.75, 3.05) is 0 Å². The standard InChI is InChI=1S/CH2O3.H3N.H2O.Zn/c2-1(3)4;;;/h(H2,2,3,4);1H3;1H2;/q;;;+2/p-2. The molecule has 0 saturated carbocycles. The zero-order valence-corrected chi connectivity index (χ0v) is 6.85. The summed E-state index contributed by atoms with van der Waals surface area (Å²) in [6, 6.07) is 0. The van der Waals surface area contributed by atoms with Crippen molar-refractivity contribution in [1.29, 1.82) is 0 Å². The van der Waals surface area contributed by atoms with Crippen molar-refractivity contribution >= 4 is 6.16 Å². The maximum Gasteiger partial charge on any atom is 2.00 e. The number of rotatable bonds is 0. The molecule has 0 aliphatic rings. The smallest absolute Gasteiger partial charge is 0.870 e. The maximum absolute atomic E-state index is 8.33. The summed E-state index contributed by atoms with van der Waals surface area (Å²) in [5.41, 5.74) is 0. The van der Waals surface area contributed by atoms with Gasteiger partial charge in [-0.25, -0.2) is 0 Å². The van der Waals surface area contributed by atoms with E-state index in [-0.39, 0.29) is 31.1 Å². The van der Waals surface area contributed by atoms with E-state index in [9.17, 15) is 0 Å². The predicted molar refractivity (Wildman–Crippen MR) is 13.3 cm³/mol. The van der Waals surface area contributed by atoms with Gasteiger partial charge in [-0.3, -0.25) is 0 Å². The van der Waals surface area contributed by atoms with E-state index in [0.717, 1.165) is 0 Å². The second-order valence-corrected chi connectivity index (χ2v) is 0.250. The first-order valence-electron chi connectivity index (χ1n) is 0.612. The molecule has 7 heavy (non-hydrogen) atoms. The molecule has 0 aromatic rings. The van der Waals surface area contributed by atoms with Gasteiger partial charge in [0, 0.05) is 0 Å². The first-order valence-corrected chi connectivity index (χ1v) is 0.612. The van der Waals surface area contributed by atoms with Gasteiger partial charge in [-0.15, -0.1) is 0 Å². The Hall–Kier alpha value is -0.187. The van der Waals surface area contributed by atoms with Crippen LogP contribution in [-0.4, -0.2) is 11.6 Å². The van der Waals surface area contributed by atoms with Gasteiger partial charge in [-0.05, 0) is 6.16 Å². The zero-order valence-electron chi connectivity index (χ0n) is 3.88. The van der Waals surface area contributed by atoms with Gasteiger partial charge in [-0.2, -0.15) is 0 Å². The van der Waals surface area contributed by atoms with E-state index >= 15 is 0 Å². The summed E-state index contributed by atoms with van der Waals surface area (Å²) < 4.78 is 0. The molecule has 0 fully saturated rings. The normalized spacial score (nSPS) is 3.43. The number of quaternary nitrogens is 1. The second kappa shape index (κ2) is 17.0. The van der Waals surface area contributed by atoms with Gasteiger partial charge in [0.15, 0.2) is 0 Å². The van der Waals surface area contributed by atoms with Gasteiger partial charge in [0.25, 0.3) is 0 Å². The van der Waals surface area contributed by atoms with Crippen LogP contribution in [0.5, 0.6) is 0 Å². The van der Waals surface area contributed by atoms with Crippen molar-refractivity contribution < 1.29 is 40.0 Å². The second-order valence-electron chi connectivity index (χ2n) is 0.250. The number of carbonyl (C=O) groups excluding carboxylic acids is 1. The molecule has 0 aliphatic carbocycles. The van der Waals surface area contributed by atoms with E-state index in [0.29, 0.717) is 0 Å². The minimum absolute atomic E-state index is 0. The summed E-state index contributed by atoms with van der Waals surface area (Å²) in [7, 11) is 0. The van der Waals surface area contributed by atoms with Gasteiger partial charge in [0.2, 0.25) is 0 Å². The summed E-state index contributed by atoms with van der Waals surface area (Å²) in [5.74, 6) is 0. The van der Waals surface area contributed by atoms with E-state index in [1.165, 1.54) is 0 Å². The van der Waals surface area contributed by atoms with Crippen molar-refractivity contribution in [1.82, 2.24) is 6.15 Å². The molecule has 0 saturated heterocycles. The average molecular weight is 160 g/mol. The average Bonchev–Trinajstić information content (AvgIpc) is 0.811. The number of carboxylic acid groups (broad SMARTS) is 2. The third kappa shape index (κ3) is 2430. The van der Waals surface area contributed by atoms with Crippen LogP contribution in [0.2, 0.25) is 0 Å². The van der Waals surface area contributed by atoms with Gasteiger partial charge < -0.3 is 26.6 Å². The number of carbonyl (C=O) groups is 1. The molecule has 0 heterocycles. The van der Waals surface area contributed by atoms with Crippen LogP contribution in [0.3, 0.4) is 0 Å². The molecule has 0 aliphatic heterocycles. The van der Waals surface area contributed by atoms with Crippen molar-refractivity contribution in [3.63, 3.8) is 0 Å². The minimum atomic E-state index is -2.33. The van der Waals surface area contributed by atoms with Crippen molar-refractivity contribution in [3.8, 4) is 0 Å². The molecular formula is CH5NO4Zn. The van der Waals surface area contributed by atoms with Crippen LogP contribution in [0, 0.1) is 0 Å². The van der Waals surface area contributed by atoms with Gasteiger partial charge in [-0.1, -0.05) is 0 Å². The first kappa shape index (κ1) is 29.1. The van der Waals surface area contributed by atoms with Crippen LogP contribution in [0.1, 0.15) is 0 Å². The van der Waals surface area contributed by atoms with Gasteiger partial charge >= 0.3 is 19.5 Å². The molecule has 0 spiro atoms. The number of hydrogen-bond acceptors (Lipinski definition) is 4. The van der Waals surface area contributed by atoms with E-state index in [1.807, 2.05) is 0 Å². The quantitative estimate of drug-likeness (QED) is 0.401. The Kier molecular flexibility index (Phi) is 70.7. The van der Waals surface area contributed by atoms with Crippen LogP contribution in [0.15, 0.2) is 0 Å². The van der Waals surface area contributed by atoms with E-state index in [1.54, 1.807) is 0 Å². The zero-order chi connectivity index (χ0) is 3.58. The Morgan fingerprint density at radius 1 is 1.29 bits per heavy atom. The van der Waals surface area contributed by atoms with Gasteiger partial charge in [0.05, 0.1) is 0 Å². The molecule has 0 rings (SSSR count). The van der Waals surface area contributed by atoms with Gasteiger partial charge in [0.1, 0.15) is 0 Å². The molecule has 6 heteroatoms. The maximum atomic E-state index is 8.33. The van der Waals surface area contributed by atoms with Crippen LogP contribution < -0.4 is 16.4 Å². The van der Waals surface area contributed by atoms with Crippen LogP contribution in [0.4, 0.5) is 4.79 Å². The Morgan fingerprint density at radius 3 is 1.29 bits per heavy atom. The molecule has 0 atom stereocenters. The van der Waals surface area contributed by atoms with Crippen molar-refractivity contribution in [3.05, 3.63) is 0 Å². The molecule has 0 aromatic carbocycles. The number of hydrogen-bond donors (Lipinski definition) is 1. The van der Waals surface area contributed by atoms with E-state index in [2.05, 4.69) is 0 Å². The Bertz CT molecular complexity index is 34.7. The topological polar surface area (TPSA) is 130 Å². The van der Waals surface area contributed by atoms with Crippen molar-refractivity contribution in [2.45, 2.75) is 0 Å². The van der Waals surface area contributed by atoms with E-state index < -0.39 is 6.16 Å². The summed E-state index contributed by atoms with van der Waals surface area (Å²) >= 11 is 0. The Labute approximate surface area is 53.0 Å². The summed E-state index contributed by atoms with van der Waals surface area (Å²) in [4.78, 5) is 8.33.